The van der Waals surface area contributed by atoms with Gasteiger partial charge in [-0.25, -0.2) is 0 Å². The summed E-state index contributed by atoms with van der Waals surface area (Å²) >= 11 is 0. The molecule has 3 N–H and O–H groups in total. The maximum atomic E-state index is 11.7. The molecular weight excluding hydrogens is 398 g/mol. The largest absolute Gasteiger partial charge is 0.347 e. The predicted molar refractivity (Wildman–Crippen MR) is 135 cm³/mol. The van der Waals surface area contributed by atoms with E-state index in [0.29, 0.717) is 6.54 Å². The molecule has 6 nitrogen and oxygen atoms in total. The number of fused-ring (bicyclic) bond motifs is 1. The quantitative estimate of drug-likeness (QED) is 0.659. The molecule has 1 amide bonds. The van der Waals surface area contributed by atoms with Gasteiger partial charge in [-0.1, -0.05) is 31.2 Å². The molecule has 2 fully saturated rings. The molecule has 0 bridgehead atoms. The number of hydrogen-bond acceptors (Lipinski definition) is 5. The van der Waals surface area contributed by atoms with E-state index in [1.165, 1.54) is 53.7 Å². The topological polar surface area (TPSA) is 68.8 Å². The Morgan fingerprint density at radius 2 is 1.97 bits per heavy atom. The van der Waals surface area contributed by atoms with Crippen molar-refractivity contribution < 1.29 is 4.79 Å². The van der Waals surface area contributed by atoms with Gasteiger partial charge in [-0.05, 0) is 88.5 Å². The first-order valence-corrected chi connectivity index (χ1v) is 12.1. The maximum Gasteiger partial charge on any atom is 0.234 e. The van der Waals surface area contributed by atoms with Crippen molar-refractivity contribution in [3.05, 3.63) is 46.5 Å². The van der Waals surface area contributed by atoms with E-state index in [4.69, 9.17) is 0 Å². The van der Waals surface area contributed by atoms with Gasteiger partial charge in [0.1, 0.15) is 0 Å². The Balaban J connectivity index is 0.000000222. The van der Waals surface area contributed by atoms with E-state index in [-0.39, 0.29) is 11.9 Å². The molecule has 1 atom stereocenters. The summed E-state index contributed by atoms with van der Waals surface area (Å²) in [7, 11) is 7.66. The molecule has 2 aliphatic heterocycles. The van der Waals surface area contributed by atoms with Crippen molar-refractivity contribution in [3.63, 3.8) is 0 Å². The molecule has 3 aliphatic rings. The number of aliphatic imine (C=N–C) groups is 1. The first-order chi connectivity index (χ1) is 15.5. The number of hydrogen-bond donors (Lipinski definition) is 3. The zero-order valence-corrected chi connectivity index (χ0v) is 20.8. The monoisotopic (exact) mass is 441 g/mol. The minimum atomic E-state index is 0.125. The molecule has 6 heteroatoms. The van der Waals surface area contributed by atoms with Crippen molar-refractivity contribution in [1.82, 2.24) is 20.9 Å². The van der Waals surface area contributed by atoms with Crippen LogP contribution in [0.5, 0.6) is 0 Å². The van der Waals surface area contributed by atoms with E-state index < -0.39 is 0 Å². The van der Waals surface area contributed by atoms with Gasteiger partial charge in [0.15, 0.2) is 0 Å². The molecule has 1 unspecified atom stereocenters. The summed E-state index contributed by atoms with van der Waals surface area (Å²) in [5, 5.41) is 9.25. The third-order valence-electron chi connectivity index (χ3n) is 6.00. The SMILES string of the molecule is CC/C=C1/CCCCC1=NC.CN1CC(=O)NC(c2cccc3c2CCNC3)C1.CNC. The number of carbonyl (C=O) groups excluding carboxylic acids is 1. The second-order valence-corrected chi connectivity index (χ2v) is 8.74. The van der Waals surface area contributed by atoms with Gasteiger partial charge in [0.2, 0.25) is 5.91 Å². The molecule has 1 aliphatic carbocycles. The van der Waals surface area contributed by atoms with Gasteiger partial charge < -0.3 is 16.0 Å². The fourth-order valence-electron chi connectivity index (χ4n) is 4.61. The number of rotatable bonds is 2. The fourth-order valence-corrected chi connectivity index (χ4v) is 4.61. The van der Waals surface area contributed by atoms with E-state index in [1.54, 1.807) is 0 Å². The summed E-state index contributed by atoms with van der Waals surface area (Å²) in [6, 6.07) is 6.58. The third kappa shape index (κ3) is 7.84. The first-order valence-electron chi connectivity index (χ1n) is 12.1. The number of benzene rings is 1. The molecule has 4 rings (SSSR count). The average molecular weight is 442 g/mol. The number of amides is 1. The lowest BCUT2D eigenvalue weighted by Gasteiger charge is -2.33. The molecule has 0 radical (unpaired) electrons. The highest BCUT2D eigenvalue weighted by molar-refractivity contribution is 6.00. The molecule has 1 aromatic carbocycles. The van der Waals surface area contributed by atoms with Crippen LogP contribution < -0.4 is 16.0 Å². The number of allylic oxidation sites excluding steroid dienone is 2. The molecule has 1 saturated heterocycles. The summed E-state index contributed by atoms with van der Waals surface area (Å²) in [6.45, 7) is 5.57. The number of nitrogens with one attached hydrogen (secondary N) is 3. The minimum absolute atomic E-state index is 0.125. The molecular formula is C26H43N5O. The zero-order chi connectivity index (χ0) is 23.3. The van der Waals surface area contributed by atoms with Crippen LogP contribution in [0.25, 0.3) is 0 Å². The predicted octanol–water partition coefficient (Wildman–Crippen LogP) is 3.24. The van der Waals surface area contributed by atoms with Crippen molar-refractivity contribution >= 4 is 11.6 Å². The molecule has 32 heavy (non-hydrogen) atoms. The Morgan fingerprint density at radius 1 is 1.22 bits per heavy atom. The van der Waals surface area contributed by atoms with Crippen LogP contribution in [0.2, 0.25) is 0 Å². The normalized spacial score (nSPS) is 23.4. The molecule has 0 aromatic heterocycles. The summed E-state index contributed by atoms with van der Waals surface area (Å²) in [4.78, 5) is 18.0. The molecule has 0 spiro atoms. The Morgan fingerprint density at radius 3 is 2.66 bits per heavy atom. The third-order valence-corrected chi connectivity index (χ3v) is 6.00. The lowest BCUT2D eigenvalue weighted by atomic mass is 9.90. The Kier molecular flexibility index (Phi) is 11.6. The second kappa shape index (κ2) is 14.2. The van der Waals surface area contributed by atoms with Crippen molar-refractivity contribution in [2.75, 3.05) is 47.8 Å². The van der Waals surface area contributed by atoms with E-state index >= 15 is 0 Å². The van der Waals surface area contributed by atoms with Gasteiger partial charge in [-0.2, -0.15) is 0 Å². The van der Waals surface area contributed by atoms with Gasteiger partial charge in [-0.15, -0.1) is 0 Å². The summed E-state index contributed by atoms with van der Waals surface area (Å²) in [5.74, 6) is 0.125. The van der Waals surface area contributed by atoms with E-state index in [9.17, 15) is 4.79 Å². The van der Waals surface area contributed by atoms with E-state index in [2.05, 4.69) is 57.0 Å². The van der Waals surface area contributed by atoms with Gasteiger partial charge in [-0.3, -0.25) is 14.7 Å². The highest BCUT2D eigenvalue weighted by atomic mass is 16.2. The van der Waals surface area contributed by atoms with E-state index in [1.807, 2.05) is 28.2 Å². The lowest BCUT2D eigenvalue weighted by molar-refractivity contribution is -0.125. The van der Waals surface area contributed by atoms with Crippen LogP contribution in [0, 0.1) is 0 Å². The molecule has 1 saturated carbocycles. The highest BCUT2D eigenvalue weighted by Crippen LogP contribution is 2.26. The summed E-state index contributed by atoms with van der Waals surface area (Å²) < 4.78 is 0. The molecule has 178 valence electrons. The van der Waals surface area contributed by atoms with Gasteiger partial charge in [0.25, 0.3) is 0 Å². The van der Waals surface area contributed by atoms with Crippen LogP contribution in [0.1, 0.15) is 61.8 Å². The van der Waals surface area contributed by atoms with Crippen LogP contribution in [0.4, 0.5) is 0 Å². The van der Waals surface area contributed by atoms with Gasteiger partial charge in [0.05, 0.1) is 12.6 Å². The van der Waals surface area contributed by atoms with Crippen LogP contribution in [-0.4, -0.2) is 64.3 Å². The minimum Gasteiger partial charge on any atom is -0.347 e. The van der Waals surface area contributed by atoms with Crippen LogP contribution in [0.15, 0.2) is 34.8 Å². The Labute approximate surface area is 195 Å². The second-order valence-electron chi connectivity index (χ2n) is 8.74. The van der Waals surface area contributed by atoms with Gasteiger partial charge >= 0.3 is 0 Å². The molecule has 2 heterocycles. The van der Waals surface area contributed by atoms with Crippen molar-refractivity contribution in [1.29, 1.82) is 0 Å². The van der Waals surface area contributed by atoms with Gasteiger partial charge in [0, 0.05) is 25.8 Å². The zero-order valence-electron chi connectivity index (χ0n) is 20.8. The number of piperazine rings is 1. The smallest absolute Gasteiger partial charge is 0.234 e. The van der Waals surface area contributed by atoms with Crippen molar-refractivity contribution in [2.45, 2.75) is 58.0 Å². The van der Waals surface area contributed by atoms with Crippen LogP contribution in [0.3, 0.4) is 0 Å². The summed E-state index contributed by atoms with van der Waals surface area (Å²) in [6.07, 6.45) is 9.65. The van der Waals surface area contributed by atoms with Crippen LogP contribution >= 0.6 is 0 Å². The highest BCUT2D eigenvalue weighted by Gasteiger charge is 2.26. The Hall–Kier alpha value is -2.02. The van der Waals surface area contributed by atoms with Crippen LogP contribution in [-0.2, 0) is 17.8 Å². The van der Waals surface area contributed by atoms with Crippen molar-refractivity contribution in [3.8, 4) is 0 Å². The summed E-state index contributed by atoms with van der Waals surface area (Å²) in [5.41, 5.74) is 6.95. The number of carbonyl (C=O) groups is 1. The number of likely N-dealkylation sites (N-methyl/N-ethyl adjacent to an activating group) is 1. The Bertz CT molecular complexity index is 786. The number of nitrogens with zero attached hydrogens (tertiary/aromatic N) is 2. The van der Waals surface area contributed by atoms with E-state index in [0.717, 1.165) is 32.5 Å². The standard InChI is InChI=1S/C14H19N3O.C10H17N.C2H7N/c1-17-8-13(16-14(18)9-17)12-4-2-3-10-7-15-6-5-11(10)12;1-3-6-9-7-4-5-8-10(9)11-2;1-3-2/h2-4,13,15H,5-9H2,1H3,(H,16,18);6H,3-5,7-8H2,1-2H3;3H,1-2H3/b;9-6-,11-10?;. The average Bonchev–Trinajstić information content (AvgIpc) is 2.80. The maximum absolute atomic E-state index is 11.7. The van der Waals surface area contributed by atoms with Crippen molar-refractivity contribution in [2.24, 2.45) is 4.99 Å². The fraction of sp³-hybridized carbons (Fsp3) is 0.615. The lowest BCUT2D eigenvalue weighted by Crippen LogP contribution is -2.48. The first kappa shape index (κ1) is 26.2. The molecule has 1 aromatic rings.